The van der Waals surface area contributed by atoms with Crippen LogP contribution in [0.3, 0.4) is 0 Å². The summed E-state index contributed by atoms with van der Waals surface area (Å²) < 4.78 is 7.27. The first-order chi connectivity index (χ1) is 13.1. The van der Waals surface area contributed by atoms with Gasteiger partial charge in [0.25, 0.3) is 0 Å². The SMILES string of the molecule is Cn1nnnc1SCC(=O)N(Cc1nnc(-c2ccccc2Cl)o1)C1CC1. The van der Waals surface area contributed by atoms with E-state index in [1.165, 1.54) is 16.4 Å². The largest absolute Gasteiger partial charge is 0.419 e. The topological polar surface area (TPSA) is 103 Å². The molecule has 140 valence electrons. The average Bonchev–Trinajstić information content (AvgIpc) is 3.26. The van der Waals surface area contributed by atoms with Crippen LogP contribution in [0.4, 0.5) is 0 Å². The zero-order valence-electron chi connectivity index (χ0n) is 14.4. The maximum Gasteiger partial charge on any atom is 0.249 e. The Labute approximate surface area is 164 Å². The molecule has 27 heavy (non-hydrogen) atoms. The third kappa shape index (κ3) is 4.11. The third-order valence-electron chi connectivity index (χ3n) is 4.09. The molecule has 0 aliphatic heterocycles. The number of thioether (sulfide) groups is 1. The number of nitrogens with zero attached hydrogens (tertiary/aromatic N) is 7. The Balaban J connectivity index is 1.44. The summed E-state index contributed by atoms with van der Waals surface area (Å²) in [6.45, 7) is 0.276. The number of carbonyl (C=O) groups is 1. The molecule has 0 radical (unpaired) electrons. The monoisotopic (exact) mass is 405 g/mol. The van der Waals surface area contributed by atoms with E-state index >= 15 is 0 Å². The fraction of sp³-hybridized carbons (Fsp3) is 0.375. The van der Waals surface area contributed by atoms with Crippen LogP contribution < -0.4 is 0 Å². The van der Waals surface area contributed by atoms with E-state index in [4.69, 9.17) is 16.0 Å². The normalized spacial score (nSPS) is 13.7. The van der Waals surface area contributed by atoms with Crippen LogP contribution >= 0.6 is 23.4 Å². The molecule has 1 fully saturated rings. The van der Waals surface area contributed by atoms with Gasteiger partial charge in [0.1, 0.15) is 0 Å². The summed E-state index contributed by atoms with van der Waals surface area (Å²) in [5, 5.41) is 20.5. The van der Waals surface area contributed by atoms with Crippen LogP contribution in [0.5, 0.6) is 0 Å². The number of amides is 1. The molecule has 4 rings (SSSR count). The fourth-order valence-electron chi connectivity index (χ4n) is 2.57. The molecule has 2 heterocycles. The second-order valence-corrected chi connectivity index (χ2v) is 7.46. The molecule has 0 bridgehead atoms. The molecule has 0 saturated heterocycles. The van der Waals surface area contributed by atoms with Gasteiger partial charge in [0, 0.05) is 13.1 Å². The Morgan fingerprint density at radius 2 is 2.15 bits per heavy atom. The predicted molar refractivity (Wildman–Crippen MR) is 97.8 cm³/mol. The lowest BCUT2D eigenvalue weighted by Crippen LogP contribution is -2.34. The molecule has 1 amide bonds. The first-order valence-electron chi connectivity index (χ1n) is 8.33. The number of carbonyl (C=O) groups excluding carboxylic acids is 1. The lowest BCUT2D eigenvalue weighted by molar-refractivity contribution is -0.129. The number of aromatic nitrogens is 6. The molecule has 0 unspecified atom stereocenters. The second-order valence-electron chi connectivity index (χ2n) is 6.11. The lowest BCUT2D eigenvalue weighted by Gasteiger charge is -2.20. The van der Waals surface area contributed by atoms with E-state index in [9.17, 15) is 4.79 Å². The highest BCUT2D eigenvalue weighted by Crippen LogP contribution is 2.31. The molecule has 1 saturated carbocycles. The standard InChI is InChI=1S/C16H16ClN7O2S/c1-23-16(20-21-22-23)27-9-14(25)24(10-6-7-10)8-13-18-19-15(26-13)11-4-2-3-5-12(11)17/h2-5,10H,6-9H2,1H3. The fourth-order valence-corrected chi connectivity index (χ4v) is 3.52. The number of hydrogen-bond acceptors (Lipinski definition) is 8. The number of hydrogen-bond donors (Lipinski definition) is 0. The minimum Gasteiger partial charge on any atom is -0.419 e. The molecule has 1 aliphatic carbocycles. The number of rotatable bonds is 7. The van der Waals surface area contributed by atoms with Crippen LogP contribution in [0.1, 0.15) is 18.7 Å². The van der Waals surface area contributed by atoms with E-state index in [2.05, 4.69) is 25.7 Å². The zero-order chi connectivity index (χ0) is 18.8. The Bertz CT molecular complexity index is 956. The van der Waals surface area contributed by atoms with E-state index in [1.807, 2.05) is 18.2 Å². The van der Waals surface area contributed by atoms with Gasteiger partial charge in [-0.2, -0.15) is 0 Å². The highest BCUT2D eigenvalue weighted by atomic mass is 35.5. The summed E-state index contributed by atoms with van der Waals surface area (Å²) in [4.78, 5) is 14.5. The smallest absolute Gasteiger partial charge is 0.249 e. The Morgan fingerprint density at radius 1 is 1.33 bits per heavy atom. The molecule has 9 nitrogen and oxygen atoms in total. The predicted octanol–water partition coefficient (Wildman–Crippen LogP) is 2.20. The van der Waals surface area contributed by atoms with Gasteiger partial charge in [-0.15, -0.1) is 15.3 Å². The second kappa shape index (κ2) is 7.65. The molecule has 0 spiro atoms. The first kappa shape index (κ1) is 17.9. The third-order valence-corrected chi connectivity index (χ3v) is 5.42. The number of tetrazole rings is 1. The van der Waals surface area contributed by atoms with Gasteiger partial charge in [0.2, 0.25) is 22.8 Å². The Morgan fingerprint density at radius 3 is 2.85 bits per heavy atom. The summed E-state index contributed by atoms with van der Waals surface area (Å²) in [7, 11) is 1.74. The molecule has 11 heteroatoms. The van der Waals surface area contributed by atoms with Gasteiger partial charge in [-0.25, -0.2) is 4.68 Å². The van der Waals surface area contributed by atoms with Crippen molar-refractivity contribution in [3.63, 3.8) is 0 Å². The van der Waals surface area contributed by atoms with Gasteiger partial charge < -0.3 is 9.32 Å². The van der Waals surface area contributed by atoms with Crippen molar-refractivity contribution in [2.45, 2.75) is 30.6 Å². The minimum absolute atomic E-state index is 0.0111. The van der Waals surface area contributed by atoms with E-state index in [1.54, 1.807) is 18.0 Å². The number of halogens is 1. The van der Waals surface area contributed by atoms with E-state index in [0.717, 1.165) is 12.8 Å². The van der Waals surface area contributed by atoms with E-state index < -0.39 is 0 Å². The Kier molecular flexibility index (Phi) is 5.08. The molecule has 1 aliphatic rings. The van der Waals surface area contributed by atoms with Crippen molar-refractivity contribution in [2.24, 2.45) is 7.05 Å². The summed E-state index contributed by atoms with van der Waals surface area (Å²) in [5.41, 5.74) is 0.674. The molecule has 1 aromatic carbocycles. The van der Waals surface area contributed by atoms with Crippen LogP contribution in [0.15, 0.2) is 33.8 Å². The van der Waals surface area contributed by atoms with Crippen LogP contribution in [0, 0.1) is 0 Å². The number of aryl methyl sites for hydroxylation is 1. The van der Waals surface area contributed by atoms with Gasteiger partial charge in [-0.05, 0) is 35.4 Å². The van der Waals surface area contributed by atoms with Crippen LogP contribution in [0.2, 0.25) is 5.02 Å². The quantitative estimate of drug-likeness (QED) is 0.551. The van der Waals surface area contributed by atoms with Crippen LogP contribution in [0.25, 0.3) is 11.5 Å². The summed E-state index contributed by atoms with van der Waals surface area (Å²) in [5.74, 6) is 0.966. The summed E-state index contributed by atoms with van der Waals surface area (Å²) in [6.07, 6.45) is 1.96. The maximum atomic E-state index is 12.7. The summed E-state index contributed by atoms with van der Waals surface area (Å²) >= 11 is 7.48. The lowest BCUT2D eigenvalue weighted by atomic mass is 10.2. The van der Waals surface area contributed by atoms with Crippen LogP contribution in [-0.2, 0) is 18.4 Å². The first-order valence-corrected chi connectivity index (χ1v) is 9.70. The number of benzene rings is 1. The maximum absolute atomic E-state index is 12.7. The highest BCUT2D eigenvalue weighted by Gasteiger charge is 2.34. The van der Waals surface area contributed by atoms with Crippen molar-refractivity contribution >= 4 is 29.3 Å². The van der Waals surface area contributed by atoms with Crippen molar-refractivity contribution < 1.29 is 9.21 Å². The van der Waals surface area contributed by atoms with Gasteiger partial charge in [-0.1, -0.05) is 35.5 Å². The molecule has 0 atom stereocenters. The molecule has 0 N–H and O–H groups in total. The van der Waals surface area contributed by atoms with Crippen molar-refractivity contribution in [2.75, 3.05) is 5.75 Å². The van der Waals surface area contributed by atoms with Crippen molar-refractivity contribution in [1.29, 1.82) is 0 Å². The van der Waals surface area contributed by atoms with Crippen molar-refractivity contribution in [1.82, 2.24) is 35.3 Å². The van der Waals surface area contributed by atoms with Crippen LogP contribution in [-0.4, -0.2) is 53.0 Å². The van der Waals surface area contributed by atoms with Gasteiger partial charge in [0.15, 0.2) is 0 Å². The molecule has 2 aromatic heterocycles. The molecule has 3 aromatic rings. The van der Waals surface area contributed by atoms with Gasteiger partial charge in [0.05, 0.1) is 22.9 Å². The zero-order valence-corrected chi connectivity index (χ0v) is 16.0. The summed E-state index contributed by atoms with van der Waals surface area (Å²) in [6, 6.07) is 7.48. The van der Waals surface area contributed by atoms with Gasteiger partial charge in [-0.3, -0.25) is 4.79 Å². The van der Waals surface area contributed by atoms with E-state index in [0.29, 0.717) is 27.5 Å². The minimum atomic E-state index is -0.0111. The molecular weight excluding hydrogens is 390 g/mol. The van der Waals surface area contributed by atoms with Crippen molar-refractivity contribution in [3.8, 4) is 11.5 Å². The molecular formula is C16H16ClN7O2S. The Hall–Kier alpha value is -2.46. The average molecular weight is 406 g/mol. The van der Waals surface area contributed by atoms with Crippen molar-refractivity contribution in [3.05, 3.63) is 35.2 Å². The van der Waals surface area contributed by atoms with Gasteiger partial charge >= 0.3 is 0 Å². The van der Waals surface area contributed by atoms with E-state index in [-0.39, 0.29) is 24.2 Å². The highest BCUT2D eigenvalue weighted by molar-refractivity contribution is 7.99.